The normalized spacial score (nSPS) is 19.3. The fraction of sp³-hybridized carbons (Fsp3) is 0.400. The lowest BCUT2D eigenvalue weighted by Gasteiger charge is -2.41. The summed E-state index contributed by atoms with van der Waals surface area (Å²) in [4.78, 5) is 0.315. The van der Waals surface area contributed by atoms with Crippen molar-refractivity contribution in [3.8, 4) is 0 Å². The van der Waals surface area contributed by atoms with Gasteiger partial charge in [0.25, 0.3) is 0 Å². The number of hydrogen-bond acceptors (Lipinski definition) is 3. The molecule has 0 amide bonds. The number of para-hydroxylation sites is 1. The first kappa shape index (κ1) is 18.0. The Balaban J connectivity index is 1.98. The van der Waals surface area contributed by atoms with Crippen LogP contribution in [0, 0.1) is 5.41 Å². The van der Waals surface area contributed by atoms with Crippen LogP contribution >= 0.6 is 0 Å². The lowest BCUT2D eigenvalue weighted by atomic mass is 9.73. The maximum atomic E-state index is 12.5. The first-order chi connectivity index (χ1) is 11.7. The second-order valence-corrected chi connectivity index (χ2v) is 9.46. The van der Waals surface area contributed by atoms with E-state index < -0.39 is 10.0 Å². The van der Waals surface area contributed by atoms with Crippen molar-refractivity contribution in [2.75, 3.05) is 5.32 Å². The summed E-state index contributed by atoms with van der Waals surface area (Å²) in [6.07, 6.45) is 0.946. The average Bonchev–Trinajstić information content (AvgIpc) is 2.52. The van der Waals surface area contributed by atoms with Crippen LogP contribution in [-0.2, 0) is 16.4 Å². The van der Waals surface area contributed by atoms with Crippen LogP contribution in [0.2, 0.25) is 0 Å². The van der Waals surface area contributed by atoms with Crippen molar-refractivity contribution in [2.45, 2.75) is 51.1 Å². The highest BCUT2D eigenvalue weighted by molar-refractivity contribution is 7.89. The molecule has 4 nitrogen and oxygen atoms in total. The first-order valence-electron chi connectivity index (χ1n) is 8.66. The van der Waals surface area contributed by atoms with Crippen molar-refractivity contribution in [3.05, 3.63) is 59.7 Å². The van der Waals surface area contributed by atoms with Crippen molar-refractivity contribution in [1.29, 1.82) is 0 Å². The van der Waals surface area contributed by atoms with Gasteiger partial charge in [-0.05, 0) is 55.0 Å². The third-order valence-electron chi connectivity index (χ3n) is 4.64. The van der Waals surface area contributed by atoms with Gasteiger partial charge in [0.1, 0.15) is 0 Å². The van der Waals surface area contributed by atoms with Gasteiger partial charge >= 0.3 is 0 Å². The number of hydrogen-bond donors (Lipinski definition) is 2. The van der Waals surface area contributed by atoms with E-state index in [9.17, 15) is 8.42 Å². The minimum absolute atomic E-state index is 0.0256. The zero-order chi connectivity index (χ0) is 18.2. The van der Waals surface area contributed by atoms with E-state index in [4.69, 9.17) is 0 Å². The minimum Gasteiger partial charge on any atom is -0.377 e. The van der Waals surface area contributed by atoms with E-state index in [1.54, 1.807) is 12.1 Å². The molecule has 0 saturated heterocycles. The largest absolute Gasteiger partial charge is 0.377 e. The second-order valence-electron chi connectivity index (χ2n) is 7.75. The fourth-order valence-corrected chi connectivity index (χ4v) is 4.84. The number of sulfonamides is 1. The molecule has 0 radical (unpaired) electrons. The molecule has 1 unspecified atom stereocenters. The van der Waals surface area contributed by atoms with Crippen molar-refractivity contribution in [1.82, 2.24) is 4.72 Å². The molecular formula is C20H26N2O2S. The Morgan fingerprint density at radius 2 is 1.84 bits per heavy atom. The molecule has 5 heteroatoms. The summed E-state index contributed by atoms with van der Waals surface area (Å²) in [5.41, 5.74) is 3.39. The lowest BCUT2D eigenvalue weighted by molar-refractivity contribution is 0.295. The average molecular weight is 359 g/mol. The second kappa shape index (κ2) is 6.46. The molecular weight excluding hydrogens is 332 g/mol. The predicted molar refractivity (Wildman–Crippen MR) is 102 cm³/mol. The number of nitrogens with one attached hydrogen (secondary N) is 2. The predicted octanol–water partition coefficient (Wildman–Crippen LogP) is 4.11. The maximum absolute atomic E-state index is 12.5. The molecule has 25 heavy (non-hydrogen) atoms. The molecule has 2 aromatic rings. The zero-order valence-corrected chi connectivity index (χ0v) is 16.0. The highest BCUT2D eigenvalue weighted by Gasteiger charge is 2.36. The van der Waals surface area contributed by atoms with Gasteiger partial charge < -0.3 is 5.32 Å². The molecule has 2 N–H and O–H groups in total. The van der Waals surface area contributed by atoms with Crippen molar-refractivity contribution in [3.63, 3.8) is 0 Å². The van der Waals surface area contributed by atoms with Crippen LogP contribution in [0.5, 0.6) is 0 Å². The van der Waals surface area contributed by atoms with Crippen molar-refractivity contribution in [2.24, 2.45) is 5.41 Å². The molecule has 0 saturated carbocycles. The van der Waals surface area contributed by atoms with Gasteiger partial charge in [-0.3, -0.25) is 0 Å². The molecule has 0 aromatic heterocycles. The molecule has 1 heterocycles. The van der Waals surface area contributed by atoms with Crippen LogP contribution in [0.25, 0.3) is 0 Å². The minimum atomic E-state index is -3.50. The van der Waals surface area contributed by atoms with Gasteiger partial charge in [0.2, 0.25) is 10.0 Å². The summed E-state index contributed by atoms with van der Waals surface area (Å²) >= 11 is 0. The number of rotatable bonds is 4. The molecule has 0 spiro atoms. The van der Waals surface area contributed by atoms with E-state index in [0.717, 1.165) is 17.7 Å². The van der Waals surface area contributed by atoms with Gasteiger partial charge in [-0.25, -0.2) is 13.1 Å². The fourth-order valence-electron chi connectivity index (χ4n) is 3.53. The van der Waals surface area contributed by atoms with Crippen LogP contribution in [0.3, 0.4) is 0 Å². The Labute approximate surface area is 150 Å². The molecule has 134 valence electrons. The SMILES string of the molecule is CC(C)NS(=O)(=O)c1cccc(C2Nc3ccccc3CC2(C)C)c1. The van der Waals surface area contributed by atoms with Gasteiger partial charge in [0.15, 0.2) is 0 Å². The number of fused-ring (bicyclic) bond motifs is 1. The molecule has 0 aliphatic carbocycles. The first-order valence-corrected chi connectivity index (χ1v) is 10.1. The summed E-state index contributed by atoms with van der Waals surface area (Å²) in [6.45, 7) is 8.08. The zero-order valence-electron chi connectivity index (χ0n) is 15.2. The van der Waals surface area contributed by atoms with Crippen LogP contribution < -0.4 is 10.0 Å². The van der Waals surface area contributed by atoms with E-state index >= 15 is 0 Å². The van der Waals surface area contributed by atoms with Gasteiger partial charge in [-0.15, -0.1) is 0 Å². The van der Waals surface area contributed by atoms with Crippen LogP contribution in [0.4, 0.5) is 5.69 Å². The summed E-state index contributed by atoms with van der Waals surface area (Å²) in [7, 11) is -3.50. The van der Waals surface area contributed by atoms with Crippen LogP contribution in [0.15, 0.2) is 53.4 Å². The van der Waals surface area contributed by atoms with Gasteiger partial charge in [-0.2, -0.15) is 0 Å². The highest BCUT2D eigenvalue weighted by atomic mass is 32.2. The van der Waals surface area contributed by atoms with Gasteiger partial charge in [-0.1, -0.05) is 44.2 Å². The maximum Gasteiger partial charge on any atom is 0.240 e. The Morgan fingerprint density at radius 1 is 1.12 bits per heavy atom. The Kier molecular flexibility index (Phi) is 4.64. The smallest absolute Gasteiger partial charge is 0.240 e. The summed E-state index contributed by atoms with van der Waals surface area (Å²) in [6, 6.07) is 15.5. The molecule has 1 atom stereocenters. The summed E-state index contributed by atoms with van der Waals surface area (Å²) in [5.74, 6) is 0. The van der Waals surface area contributed by atoms with E-state index in [-0.39, 0.29) is 17.5 Å². The lowest BCUT2D eigenvalue weighted by Crippen LogP contribution is -2.35. The molecule has 0 bridgehead atoms. The van der Waals surface area contributed by atoms with E-state index in [1.807, 2.05) is 32.0 Å². The standard InChI is InChI=1S/C20H26N2O2S/c1-14(2)22-25(23,24)17-10-7-9-15(12-17)19-20(3,4)13-16-8-5-6-11-18(16)21-19/h5-12,14,19,21-22H,13H2,1-4H3. The third kappa shape index (κ3) is 3.72. The topological polar surface area (TPSA) is 58.2 Å². The molecule has 2 aromatic carbocycles. The monoisotopic (exact) mass is 358 g/mol. The van der Waals surface area contributed by atoms with Crippen LogP contribution in [-0.4, -0.2) is 14.5 Å². The van der Waals surface area contributed by atoms with Crippen LogP contribution in [0.1, 0.15) is 44.9 Å². The van der Waals surface area contributed by atoms with Crippen molar-refractivity contribution < 1.29 is 8.42 Å². The number of benzene rings is 2. The van der Waals surface area contributed by atoms with Gasteiger partial charge in [0, 0.05) is 11.7 Å². The summed E-state index contributed by atoms with van der Waals surface area (Å²) in [5, 5.41) is 3.61. The van der Waals surface area contributed by atoms with E-state index in [2.05, 4.69) is 42.1 Å². The molecule has 1 aliphatic rings. The highest BCUT2D eigenvalue weighted by Crippen LogP contribution is 2.44. The van der Waals surface area contributed by atoms with Crippen molar-refractivity contribution >= 4 is 15.7 Å². The van der Waals surface area contributed by atoms with E-state index in [0.29, 0.717) is 4.90 Å². The third-order valence-corrected chi connectivity index (χ3v) is 6.29. The van der Waals surface area contributed by atoms with E-state index in [1.165, 1.54) is 5.56 Å². The Hall–Kier alpha value is -1.85. The quantitative estimate of drug-likeness (QED) is 0.865. The molecule has 1 aliphatic heterocycles. The molecule has 0 fully saturated rings. The Morgan fingerprint density at radius 3 is 2.56 bits per heavy atom. The summed E-state index contributed by atoms with van der Waals surface area (Å²) < 4.78 is 27.7. The Bertz CT molecular complexity index is 873. The van der Waals surface area contributed by atoms with Gasteiger partial charge in [0.05, 0.1) is 10.9 Å². The number of anilines is 1. The molecule has 3 rings (SSSR count).